The Morgan fingerprint density at radius 2 is 2.03 bits per heavy atom. The molecule has 1 atom stereocenters. The van der Waals surface area contributed by atoms with E-state index in [0.717, 1.165) is 23.1 Å². The van der Waals surface area contributed by atoms with Crippen molar-refractivity contribution >= 4 is 21.7 Å². The molecule has 5 rings (SSSR count). The van der Waals surface area contributed by atoms with Crippen molar-refractivity contribution in [1.29, 1.82) is 0 Å². The van der Waals surface area contributed by atoms with Crippen LogP contribution in [0, 0.1) is 6.92 Å². The van der Waals surface area contributed by atoms with Gasteiger partial charge in [-0.1, -0.05) is 12.2 Å². The predicted molar refractivity (Wildman–Crippen MR) is 131 cm³/mol. The summed E-state index contributed by atoms with van der Waals surface area (Å²) in [6.45, 7) is 6.21. The van der Waals surface area contributed by atoms with Gasteiger partial charge in [0, 0.05) is 18.4 Å². The predicted octanol–water partition coefficient (Wildman–Crippen LogP) is 3.52. The summed E-state index contributed by atoms with van der Waals surface area (Å²) in [6, 6.07) is 3.93. The second kappa shape index (κ2) is 8.53. The fraction of sp³-hybridized carbons (Fsp3) is 0.520. The van der Waals surface area contributed by atoms with Crippen molar-refractivity contribution in [2.24, 2.45) is 0 Å². The number of benzene rings is 1. The largest absolute Gasteiger partial charge is 0.497 e. The molecular formula is C25H31N3O5S. The molecule has 2 fully saturated rings. The molecule has 0 N–H and O–H groups in total. The molecule has 182 valence electrons. The first-order valence-electron chi connectivity index (χ1n) is 11.7. The third kappa shape index (κ3) is 3.56. The number of methoxy groups -OCH3 is 1. The van der Waals surface area contributed by atoms with E-state index >= 15 is 0 Å². The van der Waals surface area contributed by atoms with Gasteiger partial charge in [0.05, 0.1) is 26.4 Å². The molecule has 2 aromatic rings. The number of aromatic nitrogens is 2. The van der Waals surface area contributed by atoms with Gasteiger partial charge in [-0.15, -0.1) is 0 Å². The van der Waals surface area contributed by atoms with E-state index < -0.39 is 14.6 Å². The zero-order chi connectivity index (χ0) is 24.1. The summed E-state index contributed by atoms with van der Waals surface area (Å²) in [5.74, 6) is 2.33. The topological polar surface area (TPSA) is 90.9 Å². The standard InChI is InChI=1S/C25H31N3O5S/c1-5-7-19-16(2)12-18(31-3)13-20(19)23-26-22(25(8-6-9-25)34(4,29)30)21-24(27-23)28-10-11-32-14-17(28)15-33-21/h5,7,12-13,17H,6,8-11,14-15H2,1-4H3/b7-5-/t17-/m0/s1. The number of hydrogen-bond acceptors (Lipinski definition) is 8. The summed E-state index contributed by atoms with van der Waals surface area (Å²) in [7, 11) is -1.80. The smallest absolute Gasteiger partial charge is 0.185 e. The highest BCUT2D eigenvalue weighted by Crippen LogP contribution is 2.53. The summed E-state index contributed by atoms with van der Waals surface area (Å²) < 4.78 is 42.5. The molecule has 1 saturated carbocycles. The number of morpholine rings is 1. The molecule has 1 aromatic carbocycles. The lowest BCUT2D eigenvalue weighted by atomic mass is 9.80. The monoisotopic (exact) mass is 485 g/mol. The van der Waals surface area contributed by atoms with Gasteiger partial charge < -0.3 is 19.1 Å². The molecule has 9 heteroatoms. The first kappa shape index (κ1) is 23.1. The van der Waals surface area contributed by atoms with Crippen molar-refractivity contribution in [3.8, 4) is 22.9 Å². The Morgan fingerprint density at radius 3 is 2.68 bits per heavy atom. The summed E-state index contributed by atoms with van der Waals surface area (Å²) in [6.07, 6.45) is 7.21. The van der Waals surface area contributed by atoms with Gasteiger partial charge >= 0.3 is 0 Å². The number of hydrogen-bond donors (Lipinski definition) is 0. The molecule has 8 nitrogen and oxygen atoms in total. The van der Waals surface area contributed by atoms with Crippen LogP contribution in [0.2, 0.25) is 0 Å². The first-order chi connectivity index (χ1) is 16.3. The van der Waals surface area contributed by atoms with Crippen LogP contribution in [0.25, 0.3) is 17.5 Å². The van der Waals surface area contributed by atoms with Gasteiger partial charge in [-0.25, -0.2) is 18.4 Å². The number of anilines is 1. The summed E-state index contributed by atoms with van der Waals surface area (Å²) in [5, 5.41) is 0. The molecular weight excluding hydrogens is 454 g/mol. The van der Waals surface area contributed by atoms with Crippen LogP contribution < -0.4 is 14.4 Å². The minimum absolute atomic E-state index is 0.0366. The zero-order valence-electron chi connectivity index (χ0n) is 20.1. The quantitative estimate of drug-likeness (QED) is 0.636. The molecule has 3 heterocycles. The second-order valence-electron chi connectivity index (χ2n) is 9.31. The average molecular weight is 486 g/mol. The molecule has 0 unspecified atom stereocenters. The van der Waals surface area contributed by atoms with Crippen LogP contribution in [-0.2, 0) is 19.3 Å². The number of fused-ring (bicyclic) bond motifs is 3. The van der Waals surface area contributed by atoms with E-state index in [9.17, 15) is 8.42 Å². The fourth-order valence-electron chi connectivity index (χ4n) is 5.18. The number of nitrogens with zero attached hydrogens (tertiary/aromatic N) is 3. The van der Waals surface area contributed by atoms with Crippen molar-refractivity contribution in [1.82, 2.24) is 9.97 Å². The normalized spacial score (nSPS) is 21.4. The van der Waals surface area contributed by atoms with Gasteiger partial charge in [0.1, 0.15) is 22.8 Å². The molecule has 34 heavy (non-hydrogen) atoms. The van der Waals surface area contributed by atoms with Crippen LogP contribution in [0.1, 0.15) is 43.0 Å². The number of allylic oxidation sites excluding steroid dienone is 1. The maximum atomic E-state index is 13.1. The van der Waals surface area contributed by atoms with Gasteiger partial charge in [-0.2, -0.15) is 0 Å². The van der Waals surface area contributed by atoms with E-state index in [-0.39, 0.29) is 6.04 Å². The molecule has 0 radical (unpaired) electrons. The van der Waals surface area contributed by atoms with E-state index in [0.29, 0.717) is 68.0 Å². The van der Waals surface area contributed by atoms with Gasteiger partial charge in [0.25, 0.3) is 0 Å². The third-order valence-corrected chi connectivity index (χ3v) is 9.26. The van der Waals surface area contributed by atoms with Gasteiger partial charge in [-0.05, 0) is 56.4 Å². The summed E-state index contributed by atoms with van der Waals surface area (Å²) >= 11 is 0. The molecule has 0 amide bonds. The van der Waals surface area contributed by atoms with Gasteiger partial charge in [0.15, 0.2) is 27.2 Å². The maximum absolute atomic E-state index is 13.1. The minimum atomic E-state index is -3.44. The Labute approximate surface area is 200 Å². The number of ether oxygens (including phenoxy) is 3. The number of aryl methyl sites for hydroxylation is 1. The highest BCUT2D eigenvalue weighted by Gasteiger charge is 2.53. The summed E-state index contributed by atoms with van der Waals surface area (Å²) in [5.41, 5.74) is 3.29. The summed E-state index contributed by atoms with van der Waals surface area (Å²) in [4.78, 5) is 12.1. The third-order valence-electron chi connectivity index (χ3n) is 7.24. The van der Waals surface area contributed by atoms with E-state index in [1.54, 1.807) is 7.11 Å². The molecule has 2 aliphatic heterocycles. The van der Waals surface area contributed by atoms with Gasteiger partial charge in [0.2, 0.25) is 0 Å². The van der Waals surface area contributed by atoms with E-state index in [1.807, 2.05) is 38.1 Å². The van der Waals surface area contributed by atoms with Crippen LogP contribution in [0.5, 0.6) is 11.5 Å². The molecule has 1 aliphatic carbocycles. The first-order valence-corrected chi connectivity index (χ1v) is 13.6. The van der Waals surface area contributed by atoms with Crippen molar-refractivity contribution < 1.29 is 22.6 Å². The molecule has 3 aliphatic rings. The zero-order valence-corrected chi connectivity index (χ0v) is 20.9. The maximum Gasteiger partial charge on any atom is 0.185 e. The van der Waals surface area contributed by atoms with Crippen molar-refractivity contribution in [2.75, 3.05) is 44.6 Å². The lowest BCUT2D eigenvalue weighted by molar-refractivity contribution is 0.0688. The Bertz CT molecular complexity index is 1250. The lowest BCUT2D eigenvalue weighted by Gasteiger charge is -2.44. The van der Waals surface area contributed by atoms with Crippen molar-refractivity contribution in [3.05, 3.63) is 35.0 Å². The van der Waals surface area contributed by atoms with E-state index in [4.69, 9.17) is 24.2 Å². The minimum Gasteiger partial charge on any atom is -0.497 e. The van der Waals surface area contributed by atoms with Crippen LogP contribution in [0.3, 0.4) is 0 Å². The highest BCUT2D eigenvalue weighted by molar-refractivity contribution is 7.91. The Hall–Kier alpha value is -2.65. The van der Waals surface area contributed by atoms with Crippen LogP contribution in [0.4, 0.5) is 5.82 Å². The molecule has 0 bridgehead atoms. The Balaban J connectivity index is 1.80. The van der Waals surface area contributed by atoms with E-state index in [1.165, 1.54) is 6.26 Å². The SMILES string of the molecule is C/C=C\c1c(C)cc(OC)cc1-c1nc2c(c(C3(S(C)(=O)=O)CCC3)n1)OC[C@@H]1COCCN21. The van der Waals surface area contributed by atoms with Crippen LogP contribution in [-0.4, -0.2) is 64.2 Å². The number of rotatable bonds is 5. The average Bonchev–Trinajstić information content (AvgIpc) is 2.78. The van der Waals surface area contributed by atoms with E-state index in [2.05, 4.69) is 4.90 Å². The molecule has 1 aromatic heterocycles. The highest BCUT2D eigenvalue weighted by atomic mass is 32.2. The lowest BCUT2D eigenvalue weighted by Crippen LogP contribution is -2.52. The van der Waals surface area contributed by atoms with Crippen molar-refractivity contribution in [3.63, 3.8) is 0 Å². The fourth-order valence-corrected chi connectivity index (χ4v) is 6.70. The molecule has 1 saturated heterocycles. The van der Waals surface area contributed by atoms with Crippen LogP contribution >= 0.6 is 0 Å². The molecule has 0 spiro atoms. The Kier molecular flexibility index (Phi) is 5.80. The van der Waals surface area contributed by atoms with Crippen molar-refractivity contribution in [2.45, 2.75) is 43.9 Å². The second-order valence-corrected chi connectivity index (χ2v) is 11.6. The number of sulfone groups is 1. The van der Waals surface area contributed by atoms with Gasteiger partial charge in [-0.3, -0.25) is 0 Å². The Morgan fingerprint density at radius 1 is 1.24 bits per heavy atom. The van der Waals surface area contributed by atoms with Crippen LogP contribution in [0.15, 0.2) is 18.2 Å².